The topological polar surface area (TPSA) is 199 Å². The molecule has 3 aromatic carbocycles. The molecule has 6 rings (SSSR count). The molecular formula is C32H30N10O5. The molecule has 5 N–H and O–H groups in total. The summed E-state index contributed by atoms with van der Waals surface area (Å²) in [6.07, 6.45) is 0. The zero-order chi connectivity index (χ0) is 33.2. The van der Waals surface area contributed by atoms with Gasteiger partial charge in [0.25, 0.3) is 5.56 Å². The van der Waals surface area contributed by atoms with Crippen molar-refractivity contribution in [2.75, 3.05) is 31.8 Å². The first kappa shape index (κ1) is 30.7. The van der Waals surface area contributed by atoms with E-state index in [2.05, 4.69) is 41.5 Å². The normalized spacial score (nSPS) is 11.2. The van der Waals surface area contributed by atoms with Crippen molar-refractivity contribution in [1.82, 2.24) is 39.4 Å². The molecule has 0 saturated heterocycles. The van der Waals surface area contributed by atoms with Crippen LogP contribution in [0.3, 0.4) is 0 Å². The van der Waals surface area contributed by atoms with E-state index in [4.69, 9.17) is 10.5 Å². The van der Waals surface area contributed by atoms with E-state index in [-0.39, 0.29) is 29.3 Å². The van der Waals surface area contributed by atoms with Crippen LogP contribution in [-0.2, 0) is 11.3 Å². The fourth-order valence-electron chi connectivity index (χ4n) is 5.19. The number of esters is 1. The lowest BCUT2D eigenvalue weighted by atomic mass is 9.99. The van der Waals surface area contributed by atoms with Crippen LogP contribution in [0.2, 0.25) is 0 Å². The van der Waals surface area contributed by atoms with E-state index in [1.54, 1.807) is 43.3 Å². The Morgan fingerprint density at radius 3 is 2.43 bits per heavy atom. The van der Waals surface area contributed by atoms with Gasteiger partial charge in [-0.05, 0) is 62.0 Å². The summed E-state index contributed by atoms with van der Waals surface area (Å²) < 4.78 is 6.69. The molecule has 0 bridgehead atoms. The summed E-state index contributed by atoms with van der Waals surface area (Å²) in [6.45, 7) is 2.38. The third-order valence-corrected chi connectivity index (χ3v) is 7.22. The Bertz CT molecular complexity index is 2250. The number of H-pyrrole nitrogens is 2. The van der Waals surface area contributed by atoms with Crippen molar-refractivity contribution in [2.24, 2.45) is 0 Å². The van der Waals surface area contributed by atoms with Gasteiger partial charge in [0.05, 0.1) is 12.3 Å². The average molecular weight is 635 g/mol. The van der Waals surface area contributed by atoms with Crippen LogP contribution >= 0.6 is 0 Å². The zero-order valence-corrected chi connectivity index (χ0v) is 25.6. The Labute approximate surface area is 266 Å². The Morgan fingerprint density at radius 2 is 1.72 bits per heavy atom. The molecule has 47 heavy (non-hydrogen) atoms. The summed E-state index contributed by atoms with van der Waals surface area (Å²) in [5.41, 5.74) is 7.22. The van der Waals surface area contributed by atoms with Crippen LogP contribution in [0.4, 0.5) is 16.4 Å². The van der Waals surface area contributed by atoms with Gasteiger partial charge in [0.2, 0.25) is 5.95 Å². The minimum Gasteiger partial charge on any atom is -0.461 e. The predicted octanol–water partition coefficient (Wildman–Crippen LogP) is 3.23. The van der Waals surface area contributed by atoms with Crippen LogP contribution in [0.25, 0.3) is 39.2 Å². The van der Waals surface area contributed by atoms with Crippen molar-refractivity contribution >= 4 is 34.7 Å². The third-order valence-electron chi connectivity index (χ3n) is 7.22. The number of hydrogen-bond donors (Lipinski definition) is 4. The molecule has 0 unspecified atom stereocenters. The van der Waals surface area contributed by atoms with Crippen LogP contribution in [0.5, 0.6) is 0 Å². The molecule has 0 aliphatic heterocycles. The van der Waals surface area contributed by atoms with Gasteiger partial charge in [-0.2, -0.15) is 9.67 Å². The summed E-state index contributed by atoms with van der Waals surface area (Å²) in [6, 6.07) is 20.7. The maximum absolute atomic E-state index is 13.9. The van der Waals surface area contributed by atoms with E-state index in [1.807, 2.05) is 44.4 Å². The molecule has 0 atom stereocenters. The van der Waals surface area contributed by atoms with E-state index in [1.165, 1.54) is 0 Å². The maximum Gasteiger partial charge on any atom is 0.361 e. The first-order valence-corrected chi connectivity index (χ1v) is 14.5. The summed E-state index contributed by atoms with van der Waals surface area (Å²) in [5, 5.41) is 14.7. The second kappa shape index (κ2) is 12.6. The molecule has 0 saturated carbocycles. The SMILES string of the molecule is CCOC(=O)c1nn(-c2cccc(-c3nnc(N)[nH]3)c2)c2c(=O)n(C(=O)Nc3ccc(-c4ccccc4CN(C)C)cc3)c(=O)[nH]c12. The van der Waals surface area contributed by atoms with E-state index < -0.39 is 23.2 Å². The molecule has 3 heterocycles. The Kier molecular flexibility index (Phi) is 8.20. The molecule has 0 aliphatic rings. The second-order valence-electron chi connectivity index (χ2n) is 10.8. The Hall–Kier alpha value is -6.35. The summed E-state index contributed by atoms with van der Waals surface area (Å²) in [4.78, 5) is 60.7. The molecule has 0 aliphatic carbocycles. The number of aromatic nitrogens is 7. The van der Waals surface area contributed by atoms with Gasteiger partial charge in [0, 0.05) is 17.8 Å². The number of carbonyl (C=O) groups is 2. The molecule has 15 nitrogen and oxygen atoms in total. The molecule has 238 valence electrons. The third kappa shape index (κ3) is 6.02. The first-order valence-electron chi connectivity index (χ1n) is 14.5. The number of anilines is 2. The number of amides is 1. The molecule has 3 aromatic heterocycles. The minimum absolute atomic E-state index is 0.0271. The highest BCUT2D eigenvalue weighted by Crippen LogP contribution is 2.26. The average Bonchev–Trinajstić information content (AvgIpc) is 3.66. The van der Waals surface area contributed by atoms with E-state index in [0.29, 0.717) is 27.3 Å². The van der Waals surface area contributed by atoms with Crippen LogP contribution in [-0.4, -0.2) is 72.1 Å². The highest BCUT2D eigenvalue weighted by molar-refractivity contribution is 6.01. The summed E-state index contributed by atoms with van der Waals surface area (Å²) in [5.74, 6) is -0.404. The van der Waals surface area contributed by atoms with Crippen molar-refractivity contribution in [1.29, 1.82) is 0 Å². The predicted molar refractivity (Wildman–Crippen MR) is 175 cm³/mol. The number of nitrogens with zero attached hydrogens (tertiary/aromatic N) is 6. The number of rotatable bonds is 8. The molecule has 0 radical (unpaired) electrons. The van der Waals surface area contributed by atoms with Crippen LogP contribution in [0.1, 0.15) is 23.0 Å². The fourth-order valence-corrected chi connectivity index (χ4v) is 5.19. The highest BCUT2D eigenvalue weighted by atomic mass is 16.5. The number of nitrogens with two attached hydrogens (primary N) is 1. The van der Waals surface area contributed by atoms with Crippen molar-refractivity contribution in [3.8, 4) is 28.2 Å². The van der Waals surface area contributed by atoms with Crippen LogP contribution < -0.4 is 22.3 Å². The molecule has 15 heteroatoms. The number of benzene rings is 3. The number of nitrogen functional groups attached to an aromatic ring is 1. The van der Waals surface area contributed by atoms with Gasteiger partial charge in [0.1, 0.15) is 5.52 Å². The van der Waals surface area contributed by atoms with E-state index in [9.17, 15) is 19.2 Å². The van der Waals surface area contributed by atoms with Gasteiger partial charge in [-0.15, -0.1) is 10.2 Å². The largest absolute Gasteiger partial charge is 0.461 e. The number of ether oxygens (including phenoxy) is 1. The lowest BCUT2D eigenvalue weighted by Gasteiger charge is -2.15. The molecule has 1 amide bonds. The molecule has 0 fully saturated rings. The summed E-state index contributed by atoms with van der Waals surface area (Å²) in [7, 11) is 3.99. The van der Waals surface area contributed by atoms with Crippen molar-refractivity contribution in [3.05, 3.63) is 105 Å². The van der Waals surface area contributed by atoms with Crippen molar-refractivity contribution in [2.45, 2.75) is 13.5 Å². The molecule has 0 spiro atoms. The number of aromatic amines is 2. The number of fused-ring (bicyclic) bond motifs is 1. The van der Waals surface area contributed by atoms with Gasteiger partial charge in [-0.25, -0.2) is 19.1 Å². The highest BCUT2D eigenvalue weighted by Gasteiger charge is 2.26. The van der Waals surface area contributed by atoms with Crippen molar-refractivity contribution < 1.29 is 14.3 Å². The van der Waals surface area contributed by atoms with E-state index in [0.717, 1.165) is 27.9 Å². The standard InChI is InChI=1S/C32H30N10O5/c1-4-47-29(44)25-24-26(42(39-25)22-10-7-9-19(16-22)27-36-30(33)38-37-27)28(43)41(32(46)35-24)31(45)34-21-14-12-18(13-15-21)23-11-6-5-8-20(23)17-40(2)3/h5-16H,4,17H2,1-3H3,(H,34,45)(H,35,46)(H3,33,36,37,38). The van der Waals surface area contributed by atoms with Gasteiger partial charge < -0.3 is 30.7 Å². The molecule has 6 aromatic rings. The van der Waals surface area contributed by atoms with Gasteiger partial charge in [-0.3, -0.25) is 4.79 Å². The number of carbonyl (C=O) groups excluding carboxylic acids is 2. The lowest BCUT2D eigenvalue weighted by molar-refractivity contribution is 0.0521. The minimum atomic E-state index is -1.06. The number of nitrogens with one attached hydrogen (secondary N) is 3. The lowest BCUT2D eigenvalue weighted by Crippen LogP contribution is -2.42. The van der Waals surface area contributed by atoms with Gasteiger partial charge >= 0.3 is 17.7 Å². The molecular weight excluding hydrogens is 604 g/mol. The van der Waals surface area contributed by atoms with Crippen LogP contribution in [0.15, 0.2) is 82.4 Å². The summed E-state index contributed by atoms with van der Waals surface area (Å²) >= 11 is 0. The van der Waals surface area contributed by atoms with Crippen molar-refractivity contribution in [3.63, 3.8) is 0 Å². The van der Waals surface area contributed by atoms with Gasteiger partial charge in [-0.1, -0.05) is 48.5 Å². The van der Waals surface area contributed by atoms with E-state index >= 15 is 0 Å². The van der Waals surface area contributed by atoms with Crippen LogP contribution in [0, 0.1) is 0 Å². The quantitative estimate of drug-likeness (QED) is 0.180. The zero-order valence-electron chi connectivity index (χ0n) is 25.6. The fraction of sp³-hybridized carbons (Fsp3) is 0.156. The Morgan fingerprint density at radius 1 is 0.957 bits per heavy atom. The maximum atomic E-state index is 13.9. The smallest absolute Gasteiger partial charge is 0.361 e. The first-order chi connectivity index (χ1) is 22.6. The number of hydrogen-bond acceptors (Lipinski definition) is 10. The van der Waals surface area contributed by atoms with Gasteiger partial charge in [0.15, 0.2) is 17.0 Å². The monoisotopic (exact) mass is 634 g/mol. The second-order valence-corrected chi connectivity index (χ2v) is 10.8. The Balaban J connectivity index is 1.39.